The van der Waals surface area contributed by atoms with Crippen molar-refractivity contribution in [3.63, 3.8) is 0 Å². The van der Waals surface area contributed by atoms with Crippen LogP contribution in [-0.4, -0.2) is 45.6 Å². The van der Waals surface area contributed by atoms with Gasteiger partial charge in [-0.15, -0.1) is 0 Å². The third kappa shape index (κ3) is 12.0. The van der Waals surface area contributed by atoms with Crippen LogP contribution in [0.5, 0.6) is 0 Å². The molecule has 1 aromatic rings. The molecule has 0 spiro atoms. The van der Waals surface area contributed by atoms with E-state index in [-0.39, 0.29) is 18.9 Å². The number of allylic oxidation sites excluding steroid dienone is 3. The molecule has 0 fully saturated rings. The number of pyridine rings is 1. The van der Waals surface area contributed by atoms with Crippen molar-refractivity contribution >= 4 is 18.7 Å². The van der Waals surface area contributed by atoms with Crippen molar-refractivity contribution < 1.29 is 14.8 Å². The van der Waals surface area contributed by atoms with Crippen molar-refractivity contribution in [2.24, 2.45) is 11.6 Å². The molecule has 0 aromatic carbocycles. The van der Waals surface area contributed by atoms with E-state index in [2.05, 4.69) is 10.3 Å². The van der Waals surface area contributed by atoms with E-state index in [9.17, 15) is 14.8 Å². The molecular weight excluding hydrogens is 393 g/mol. The van der Waals surface area contributed by atoms with Crippen LogP contribution in [0.15, 0.2) is 54.0 Å². The van der Waals surface area contributed by atoms with Gasteiger partial charge in [-0.05, 0) is 38.8 Å². The van der Waals surface area contributed by atoms with E-state index in [1.165, 1.54) is 16.8 Å². The summed E-state index contributed by atoms with van der Waals surface area (Å²) in [5, 5.41) is 23.3. The van der Waals surface area contributed by atoms with Crippen LogP contribution >= 0.6 is 0 Å². The molecule has 31 heavy (non-hydrogen) atoms. The van der Waals surface area contributed by atoms with Gasteiger partial charge in [0.1, 0.15) is 0 Å². The summed E-state index contributed by atoms with van der Waals surface area (Å²) in [5.74, 6) is 4.74. The third-order valence-electron chi connectivity index (χ3n) is 4.42. The van der Waals surface area contributed by atoms with Crippen LogP contribution < -0.4 is 16.9 Å². The largest absolute Gasteiger partial charge is 0.475 e. The van der Waals surface area contributed by atoms with Gasteiger partial charge in [-0.25, -0.2) is 5.84 Å². The Morgan fingerprint density at radius 1 is 1.39 bits per heavy atom. The minimum absolute atomic E-state index is 0.0749. The first-order valence-corrected chi connectivity index (χ1v) is 10.6. The second kappa shape index (κ2) is 16.1. The van der Waals surface area contributed by atoms with Gasteiger partial charge in [0, 0.05) is 37.1 Å². The first kappa shape index (κ1) is 28.4. The van der Waals surface area contributed by atoms with Crippen LogP contribution in [0.2, 0.25) is 0 Å². The zero-order valence-corrected chi connectivity index (χ0v) is 19.4. The predicted molar refractivity (Wildman–Crippen MR) is 128 cm³/mol. The minimum atomic E-state index is -1.67. The molecule has 0 bridgehead atoms. The maximum atomic E-state index is 12.3. The standard InChI is InChI=1S/C20H32BN5O3.C2H6/c1-4-15(3)11-16(5-2)12-19(21(28)29)25-20(27)8-10-26(23)14-18(22)17-7-6-9-24-13-17;1-2/h5-7,9,11,13-14,19,28-29H,4,8,10,12,22-23H2,1-3H3,(H,25,27);1-2H3/b15-11+,16-5+,18-14-;/t19-;/m0./s1. The van der Waals surface area contributed by atoms with Crippen LogP contribution in [0.1, 0.15) is 59.4 Å². The van der Waals surface area contributed by atoms with Crippen molar-refractivity contribution in [1.82, 2.24) is 15.3 Å². The van der Waals surface area contributed by atoms with Gasteiger partial charge in [-0.2, -0.15) is 0 Å². The van der Waals surface area contributed by atoms with E-state index in [0.29, 0.717) is 12.1 Å². The maximum Gasteiger partial charge on any atom is 0.475 e. The predicted octanol–water partition coefficient (Wildman–Crippen LogP) is 2.12. The maximum absolute atomic E-state index is 12.3. The second-order valence-corrected chi connectivity index (χ2v) is 6.81. The third-order valence-corrected chi connectivity index (χ3v) is 4.42. The number of hydrazine groups is 1. The van der Waals surface area contributed by atoms with E-state index < -0.39 is 13.1 Å². The molecule has 1 rings (SSSR count). The van der Waals surface area contributed by atoms with E-state index in [4.69, 9.17) is 11.6 Å². The highest BCUT2D eigenvalue weighted by molar-refractivity contribution is 6.43. The van der Waals surface area contributed by atoms with Gasteiger partial charge >= 0.3 is 7.12 Å². The number of carbonyl (C=O) groups is 1. The normalized spacial score (nSPS) is 13.1. The molecule has 0 aliphatic rings. The fourth-order valence-corrected chi connectivity index (χ4v) is 2.52. The summed E-state index contributed by atoms with van der Waals surface area (Å²) < 4.78 is 0. The lowest BCUT2D eigenvalue weighted by Crippen LogP contribution is -2.47. The lowest BCUT2D eigenvalue weighted by atomic mass is 9.75. The van der Waals surface area contributed by atoms with Gasteiger partial charge in [-0.3, -0.25) is 9.78 Å². The number of hydrogen-bond acceptors (Lipinski definition) is 7. The number of carbonyl (C=O) groups excluding carboxylic acids is 1. The van der Waals surface area contributed by atoms with E-state index in [1.807, 2.05) is 46.8 Å². The summed E-state index contributed by atoms with van der Waals surface area (Å²) in [6, 6.07) is 3.57. The van der Waals surface area contributed by atoms with Crippen LogP contribution in [0.3, 0.4) is 0 Å². The zero-order chi connectivity index (χ0) is 23.8. The van der Waals surface area contributed by atoms with Crippen LogP contribution in [0, 0.1) is 0 Å². The molecule has 1 amide bonds. The Bertz CT molecular complexity index is 736. The lowest BCUT2D eigenvalue weighted by Gasteiger charge is -2.20. The molecule has 0 saturated heterocycles. The number of nitrogens with zero attached hydrogens (tertiary/aromatic N) is 2. The summed E-state index contributed by atoms with van der Waals surface area (Å²) in [7, 11) is -1.67. The molecule has 0 radical (unpaired) electrons. The first-order valence-electron chi connectivity index (χ1n) is 10.6. The molecular formula is C22H38BN5O3. The Morgan fingerprint density at radius 3 is 2.58 bits per heavy atom. The fraction of sp³-hybridized carbons (Fsp3) is 0.455. The van der Waals surface area contributed by atoms with E-state index in [1.54, 1.807) is 24.5 Å². The summed E-state index contributed by atoms with van der Waals surface area (Å²) in [6.07, 6.45) is 9.97. The van der Waals surface area contributed by atoms with Gasteiger partial charge in [-0.1, -0.05) is 44.1 Å². The molecule has 9 heteroatoms. The Hall–Kier alpha value is -2.62. The molecule has 7 N–H and O–H groups in total. The molecule has 172 valence electrons. The summed E-state index contributed by atoms with van der Waals surface area (Å²) >= 11 is 0. The lowest BCUT2D eigenvalue weighted by molar-refractivity contribution is -0.121. The number of rotatable bonds is 11. The van der Waals surface area contributed by atoms with E-state index in [0.717, 1.165) is 17.6 Å². The van der Waals surface area contributed by atoms with Crippen LogP contribution in [-0.2, 0) is 4.79 Å². The molecule has 0 aliphatic heterocycles. The van der Waals surface area contributed by atoms with Gasteiger partial charge in [0.25, 0.3) is 0 Å². The second-order valence-electron chi connectivity index (χ2n) is 6.81. The SMILES string of the molecule is C/C=C(\C=C(/C)CC)C[C@H](NC(=O)CCN(N)/C=C(\N)c1cccnc1)B(O)O.CC. The molecule has 0 saturated carbocycles. The zero-order valence-electron chi connectivity index (χ0n) is 19.4. The Balaban J connectivity index is 0.00000436. The van der Waals surface area contributed by atoms with Crippen molar-refractivity contribution in [2.75, 3.05) is 6.54 Å². The Kier molecular flexibility index (Phi) is 14.8. The molecule has 1 aromatic heterocycles. The average Bonchev–Trinajstić information content (AvgIpc) is 2.78. The monoisotopic (exact) mass is 431 g/mol. The summed E-state index contributed by atoms with van der Waals surface area (Å²) in [6.45, 7) is 10.1. The van der Waals surface area contributed by atoms with Crippen molar-refractivity contribution in [2.45, 2.75) is 59.8 Å². The number of aromatic nitrogens is 1. The quantitative estimate of drug-likeness (QED) is 0.157. The van der Waals surface area contributed by atoms with Crippen molar-refractivity contribution in [3.05, 3.63) is 59.6 Å². The summed E-state index contributed by atoms with van der Waals surface area (Å²) in [5.41, 5.74) is 9.22. The van der Waals surface area contributed by atoms with Gasteiger partial charge < -0.3 is 26.1 Å². The summed E-state index contributed by atoms with van der Waals surface area (Å²) in [4.78, 5) is 16.2. The first-order chi connectivity index (χ1) is 14.8. The molecule has 8 nitrogen and oxygen atoms in total. The number of nitrogens with one attached hydrogen (secondary N) is 1. The van der Waals surface area contributed by atoms with E-state index >= 15 is 0 Å². The highest BCUT2D eigenvalue weighted by atomic mass is 16.4. The van der Waals surface area contributed by atoms with Gasteiger partial charge in [0.15, 0.2) is 0 Å². The molecule has 0 aliphatic carbocycles. The molecule has 1 atom stereocenters. The average molecular weight is 431 g/mol. The van der Waals surface area contributed by atoms with Gasteiger partial charge in [0.2, 0.25) is 5.91 Å². The van der Waals surface area contributed by atoms with Crippen LogP contribution in [0.25, 0.3) is 5.70 Å². The highest BCUT2D eigenvalue weighted by Crippen LogP contribution is 2.13. The van der Waals surface area contributed by atoms with Crippen molar-refractivity contribution in [1.29, 1.82) is 0 Å². The fourth-order valence-electron chi connectivity index (χ4n) is 2.52. The Labute approximate surface area is 186 Å². The minimum Gasteiger partial charge on any atom is -0.426 e. The van der Waals surface area contributed by atoms with Crippen LogP contribution in [0.4, 0.5) is 0 Å². The molecule has 0 unspecified atom stereocenters. The number of hydrogen-bond donors (Lipinski definition) is 5. The number of amides is 1. The number of nitrogens with two attached hydrogens (primary N) is 2. The Morgan fingerprint density at radius 2 is 2.06 bits per heavy atom. The molecule has 1 heterocycles. The smallest absolute Gasteiger partial charge is 0.426 e. The topological polar surface area (TPSA) is 138 Å². The van der Waals surface area contributed by atoms with Gasteiger partial charge in [0.05, 0.1) is 11.6 Å². The van der Waals surface area contributed by atoms with Crippen molar-refractivity contribution in [3.8, 4) is 0 Å². The highest BCUT2D eigenvalue weighted by Gasteiger charge is 2.25.